The quantitative estimate of drug-likeness (QED) is 0.644. The topological polar surface area (TPSA) is 110 Å². The molecule has 146 valence electrons. The lowest BCUT2D eigenvalue weighted by atomic mass is 10.1. The molecule has 29 heavy (non-hydrogen) atoms. The highest BCUT2D eigenvalue weighted by molar-refractivity contribution is 6.21. The van der Waals surface area contributed by atoms with Crippen LogP contribution in [0.3, 0.4) is 0 Å². The van der Waals surface area contributed by atoms with E-state index in [0.29, 0.717) is 29.1 Å². The van der Waals surface area contributed by atoms with E-state index in [1.54, 1.807) is 54.2 Å². The number of hydrogen-bond donors (Lipinski definition) is 1. The number of fused-ring (bicyclic) bond motifs is 1. The molecular weight excluding hydrogens is 372 g/mol. The Morgan fingerprint density at radius 3 is 2.41 bits per heavy atom. The van der Waals surface area contributed by atoms with E-state index >= 15 is 0 Å². The van der Waals surface area contributed by atoms with Crippen LogP contribution in [0.1, 0.15) is 33.6 Å². The number of anilines is 1. The Morgan fingerprint density at radius 2 is 1.76 bits per heavy atom. The molecule has 3 amide bonds. The highest BCUT2D eigenvalue weighted by Crippen LogP contribution is 2.23. The third-order valence-corrected chi connectivity index (χ3v) is 4.69. The maximum Gasteiger partial charge on any atom is 0.261 e. The van der Waals surface area contributed by atoms with Crippen LogP contribution in [0.5, 0.6) is 0 Å². The van der Waals surface area contributed by atoms with Crippen LogP contribution >= 0.6 is 0 Å². The summed E-state index contributed by atoms with van der Waals surface area (Å²) in [7, 11) is 1.74. The van der Waals surface area contributed by atoms with Gasteiger partial charge in [-0.1, -0.05) is 24.3 Å². The number of tetrazole rings is 1. The molecular formula is C20H18N6O3. The van der Waals surface area contributed by atoms with E-state index in [1.165, 1.54) is 4.90 Å². The zero-order valence-electron chi connectivity index (χ0n) is 15.7. The molecule has 2 heterocycles. The number of amides is 3. The maximum absolute atomic E-state index is 12.3. The zero-order chi connectivity index (χ0) is 20.4. The second-order valence-electron chi connectivity index (χ2n) is 6.67. The second kappa shape index (κ2) is 7.63. The van der Waals surface area contributed by atoms with Crippen molar-refractivity contribution in [1.29, 1.82) is 0 Å². The molecule has 0 fully saturated rings. The molecule has 0 saturated carbocycles. The molecule has 9 nitrogen and oxygen atoms in total. The number of carbonyl (C=O) groups excluding carboxylic acids is 3. The van der Waals surface area contributed by atoms with Gasteiger partial charge in [0.1, 0.15) is 0 Å². The highest BCUT2D eigenvalue weighted by atomic mass is 16.2. The Morgan fingerprint density at radius 1 is 1.03 bits per heavy atom. The van der Waals surface area contributed by atoms with Crippen molar-refractivity contribution < 1.29 is 14.4 Å². The van der Waals surface area contributed by atoms with Crippen molar-refractivity contribution in [1.82, 2.24) is 25.1 Å². The summed E-state index contributed by atoms with van der Waals surface area (Å²) in [6.45, 7) is 0.199. The summed E-state index contributed by atoms with van der Waals surface area (Å²) in [4.78, 5) is 38.2. The summed E-state index contributed by atoms with van der Waals surface area (Å²) >= 11 is 0. The van der Waals surface area contributed by atoms with Crippen molar-refractivity contribution in [3.8, 4) is 11.4 Å². The SMILES string of the molecule is Cn1nnnc1-c1cccc(NC(=O)CCCN2C(=O)c3ccccc3C2=O)c1. The average Bonchev–Trinajstić information content (AvgIpc) is 3.25. The largest absolute Gasteiger partial charge is 0.326 e. The number of benzene rings is 2. The van der Waals surface area contributed by atoms with Crippen LogP contribution in [-0.2, 0) is 11.8 Å². The first-order chi connectivity index (χ1) is 14.0. The van der Waals surface area contributed by atoms with Crippen molar-refractivity contribution >= 4 is 23.4 Å². The standard InChI is InChI=1S/C20H18N6O3/c1-25-18(22-23-24-25)13-6-4-7-14(12-13)21-17(27)10-5-11-26-19(28)15-8-2-3-9-16(15)20(26)29/h2-4,6-9,12H,5,10-11H2,1H3,(H,21,27). The molecule has 0 bridgehead atoms. The lowest BCUT2D eigenvalue weighted by Crippen LogP contribution is -2.31. The smallest absolute Gasteiger partial charge is 0.261 e. The Hall–Kier alpha value is -3.88. The number of hydrogen-bond acceptors (Lipinski definition) is 6. The Balaban J connectivity index is 1.33. The van der Waals surface area contributed by atoms with E-state index in [1.807, 2.05) is 6.07 Å². The van der Waals surface area contributed by atoms with E-state index in [0.717, 1.165) is 5.56 Å². The minimum Gasteiger partial charge on any atom is -0.326 e. The lowest BCUT2D eigenvalue weighted by molar-refractivity contribution is -0.116. The molecule has 0 radical (unpaired) electrons. The summed E-state index contributed by atoms with van der Waals surface area (Å²) in [5.74, 6) is -0.228. The summed E-state index contributed by atoms with van der Waals surface area (Å²) < 4.78 is 1.54. The van der Waals surface area contributed by atoms with E-state index < -0.39 is 0 Å². The fourth-order valence-electron chi connectivity index (χ4n) is 3.27. The molecule has 3 aromatic rings. The maximum atomic E-state index is 12.3. The zero-order valence-corrected chi connectivity index (χ0v) is 15.7. The van der Waals surface area contributed by atoms with Crippen LogP contribution < -0.4 is 5.32 Å². The first kappa shape index (κ1) is 18.5. The van der Waals surface area contributed by atoms with Gasteiger partial charge in [0.15, 0.2) is 5.82 Å². The van der Waals surface area contributed by atoms with Crippen LogP contribution in [0, 0.1) is 0 Å². The number of aryl methyl sites for hydroxylation is 1. The van der Waals surface area contributed by atoms with Crippen LogP contribution in [-0.4, -0.2) is 49.4 Å². The molecule has 0 saturated heterocycles. The van der Waals surface area contributed by atoms with Crippen molar-refractivity contribution in [3.63, 3.8) is 0 Å². The van der Waals surface area contributed by atoms with Gasteiger partial charge in [-0.25, -0.2) is 4.68 Å². The minimum absolute atomic E-state index is 0.184. The fraction of sp³-hybridized carbons (Fsp3) is 0.200. The van der Waals surface area contributed by atoms with Gasteiger partial charge in [0.05, 0.1) is 11.1 Å². The average molecular weight is 390 g/mol. The summed E-state index contributed by atoms with van der Waals surface area (Å²) in [6.07, 6.45) is 0.563. The first-order valence-corrected chi connectivity index (χ1v) is 9.12. The second-order valence-corrected chi connectivity index (χ2v) is 6.67. The van der Waals surface area contributed by atoms with Gasteiger partial charge in [-0.15, -0.1) is 5.10 Å². The molecule has 1 N–H and O–H groups in total. The molecule has 0 unspecified atom stereocenters. The highest BCUT2D eigenvalue weighted by Gasteiger charge is 2.34. The predicted molar refractivity (Wildman–Crippen MR) is 104 cm³/mol. The molecule has 0 aliphatic carbocycles. The van der Waals surface area contributed by atoms with Gasteiger partial charge in [-0.3, -0.25) is 19.3 Å². The van der Waals surface area contributed by atoms with Gasteiger partial charge in [-0.05, 0) is 41.1 Å². The van der Waals surface area contributed by atoms with Crippen molar-refractivity contribution in [2.24, 2.45) is 7.05 Å². The van der Waals surface area contributed by atoms with E-state index in [2.05, 4.69) is 20.8 Å². The minimum atomic E-state index is -0.309. The van der Waals surface area contributed by atoms with Crippen molar-refractivity contribution in [3.05, 3.63) is 59.7 Å². The number of aromatic nitrogens is 4. The van der Waals surface area contributed by atoms with Crippen LogP contribution in [0.4, 0.5) is 5.69 Å². The molecule has 2 aromatic carbocycles. The van der Waals surface area contributed by atoms with Gasteiger partial charge in [0.25, 0.3) is 11.8 Å². The molecule has 9 heteroatoms. The Kier molecular flexibility index (Phi) is 4.86. The predicted octanol–water partition coefficient (Wildman–Crippen LogP) is 1.89. The number of rotatable bonds is 6. The van der Waals surface area contributed by atoms with E-state index in [-0.39, 0.29) is 30.7 Å². The monoisotopic (exact) mass is 390 g/mol. The van der Waals surface area contributed by atoms with Crippen molar-refractivity contribution in [2.75, 3.05) is 11.9 Å². The van der Waals surface area contributed by atoms with E-state index in [4.69, 9.17) is 0 Å². The Bertz CT molecular complexity index is 1070. The van der Waals surface area contributed by atoms with Gasteiger partial charge in [0, 0.05) is 31.3 Å². The number of carbonyl (C=O) groups is 3. The summed E-state index contributed by atoms with van der Waals surface area (Å²) in [5.41, 5.74) is 2.23. The van der Waals surface area contributed by atoms with Crippen LogP contribution in [0.15, 0.2) is 48.5 Å². The third kappa shape index (κ3) is 3.62. The lowest BCUT2D eigenvalue weighted by Gasteiger charge is -2.13. The molecule has 1 aromatic heterocycles. The van der Waals surface area contributed by atoms with Gasteiger partial charge < -0.3 is 5.32 Å². The van der Waals surface area contributed by atoms with Crippen LogP contribution in [0.2, 0.25) is 0 Å². The molecule has 0 spiro atoms. The molecule has 1 aliphatic rings. The van der Waals surface area contributed by atoms with Crippen molar-refractivity contribution in [2.45, 2.75) is 12.8 Å². The van der Waals surface area contributed by atoms with E-state index in [9.17, 15) is 14.4 Å². The Labute approximate surface area is 166 Å². The first-order valence-electron chi connectivity index (χ1n) is 9.12. The third-order valence-electron chi connectivity index (χ3n) is 4.69. The van der Waals surface area contributed by atoms with Crippen LogP contribution in [0.25, 0.3) is 11.4 Å². The summed E-state index contributed by atoms with van der Waals surface area (Å²) in [5, 5.41) is 14.2. The number of nitrogens with zero attached hydrogens (tertiary/aromatic N) is 5. The van der Waals surface area contributed by atoms with Gasteiger partial charge in [0.2, 0.25) is 5.91 Å². The van der Waals surface area contributed by atoms with Gasteiger partial charge in [-0.2, -0.15) is 0 Å². The molecule has 0 atom stereocenters. The number of imide groups is 1. The summed E-state index contributed by atoms with van der Waals surface area (Å²) in [6, 6.07) is 14.0. The number of nitrogens with one attached hydrogen (secondary N) is 1. The molecule has 1 aliphatic heterocycles. The molecule has 4 rings (SSSR count). The fourth-order valence-corrected chi connectivity index (χ4v) is 3.27. The normalized spacial score (nSPS) is 12.9. The van der Waals surface area contributed by atoms with Gasteiger partial charge >= 0.3 is 0 Å².